The average molecular weight is 379 g/mol. The lowest BCUT2D eigenvalue weighted by atomic mass is 9.97. The maximum absolute atomic E-state index is 12.8. The number of halogens is 1. The molecule has 26 heavy (non-hydrogen) atoms. The molecule has 6 nitrogen and oxygen atoms in total. The minimum atomic E-state index is -0.158. The van der Waals surface area contributed by atoms with Gasteiger partial charge in [-0.3, -0.25) is 4.79 Å². The van der Waals surface area contributed by atoms with Crippen LogP contribution in [0.1, 0.15) is 22.3 Å². The van der Waals surface area contributed by atoms with E-state index in [9.17, 15) is 4.79 Å². The third-order valence-corrected chi connectivity index (χ3v) is 4.26. The summed E-state index contributed by atoms with van der Waals surface area (Å²) >= 11 is 0. The van der Waals surface area contributed by atoms with Crippen LogP contribution in [0.25, 0.3) is 0 Å². The van der Waals surface area contributed by atoms with Crippen LogP contribution in [0.5, 0.6) is 17.2 Å². The van der Waals surface area contributed by atoms with Gasteiger partial charge in [0, 0.05) is 35.6 Å². The number of fused-ring (bicyclic) bond motifs is 1. The van der Waals surface area contributed by atoms with E-state index in [2.05, 4.69) is 10.6 Å². The fourth-order valence-electron chi connectivity index (χ4n) is 3.07. The van der Waals surface area contributed by atoms with Crippen molar-refractivity contribution in [1.82, 2.24) is 0 Å². The molecule has 0 radical (unpaired) electrons. The summed E-state index contributed by atoms with van der Waals surface area (Å²) in [5, 5.41) is 6.26. The van der Waals surface area contributed by atoms with Crippen molar-refractivity contribution >= 4 is 29.7 Å². The molecule has 140 valence electrons. The smallest absolute Gasteiger partial charge is 0.256 e. The van der Waals surface area contributed by atoms with E-state index in [0.717, 1.165) is 30.6 Å². The molecule has 2 aromatic rings. The average Bonchev–Trinajstić information content (AvgIpc) is 2.66. The van der Waals surface area contributed by atoms with Crippen LogP contribution >= 0.6 is 12.4 Å². The summed E-state index contributed by atoms with van der Waals surface area (Å²) in [6.45, 7) is 0.935. The predicted molar refractivity (Wildman–Crippen MR) is 105 cm³/mol. The number of nitrogens with one attached hydrogen (secondary N) is 2. The molecule has 1 aliphatic rings. The van der Waals surface area contributed by atoms with Crippen LogP contribution in [-0.2, 0) is 6.42 Å². The van der Waals surface area contributed by atoms with Crippen LogP contribution in [0.3, 0.4) is 0 Å². The van der Waals surface area contributed by atoms with Crippen LogP contribution < -0.4 is 24.8 Å². The molecule has 2 N–H and O–H groups in total. The topological polar surface area (TPSA) is 68.8 Å². The fourth-order valence-corrected chi connectivity index (χ4v) is 3.07. The molecule has 1 heterocycles. The number of hydrogen-bond donors (Lipinski definition) is 2. The van der Waals surface area contributed by atoms with Gasteiger partial charge < -0.3 is 24.8 Å². The van der Waals surface area contributed by atoms with Gasteiger partial charge >= 0.3 is 0 Å². The highest BCUT2D eigenvalue weighted by atomic mass is 35.5. The van der Waals surface area contributed by atoms with Crippen LogP contribution in [0.15, 0.2) is 30.3 Å². The first-order valence-electron chi connectivity index (χ1n) is 8.15. The van der Waals surface area contributed by atoms with Crippen LogP contribution in [0.4, 0.5) is 11.4 Å². The minimum absolute atomic E-state index is 0. The summed E-state index contributed by atoms with van der Waals surface area (Å²) in [7, 11) is 4.63. The van der Waals surface area contributed by atoms with Crippen molar-refractivity contribution in [3.05, 3.63) is 41.5 Å². The Kier molecular flexibility index (Phi) is 6.58. The van der Waals surface area contributed by atoms with Crippen LogP contribution in [0.2, 0.25) is 0 Å². The maximum atomic E-state index is 12.8. The van der Waals surface area contributed by atoms with Gasteiger partial charge in [0.1, 0.15) is 0 Å². The summed E-state index contributed by atoms with van der Waals surface area (Å²) in [6, 6.07) is 9.17. The van der Waals surface area contributed by atoms with E-state index in [4.69, 9.17) is 14.2 Å². The van der Waals surface area contributed by atoms with E-state index in [0.29, 0.717) is 28.5 Å². The van der Waals surface area contributed by atoms with Gasteiger partial charge in [-0.25, -0.2) is 0 Å². The van der Waals surface area contributed by atoms with Crippen LogP contribution in [-0.4, -0.2) is 33.8 Å². The lowest BCUT2D eigenvalue weighted by Crippen LogP contribution is -2.19. The first-order chi connectivity index (χ1) is 12.2. The van der Waals surface area contributed by atoms with Crippen molar-refractivity contribution < 1.29 is 19.0 Å². The third kappa shape index (κ3) is 3.80. The van der Waals surface area contributed by atoms with Gasteiger partial charge in [-0.2, -0.15) is 0 Å². The summed E-state index contributed by atoms with van der Waals surface area (Å²) < 4.78 is 16.0. The highest BCUT2D eigenvalue weighted by Crippen LogP contribution is 2.40. The number of hydrogen-bond acceptors (Lipinski definition) is 5. The molecule has 2 aromatic carbocycles. The molecule has 0 aliphatic carbocycles. The Labute approximate surface area is 159 Å². The molecule has 1 amide bonds. The molecule has 0 saturated carbocycles. The number of carbonyl (C=O) groups is 1. The van der Waals surface area contributed by atoms with E-state index in [-0.39, 0.29) is 18.3 Å². The summed E-state index contributed by atoms with van der Waals surface area (Å²) in [5.41, 5.74) is 3.35. The third-order valence-electron chi connectivity index (χ3n) is 4.26. The summed E-state index contributed by atoms with van der Waals surface area (Å²) in [6.07, 6.45) is 1.91. The Bertz CT molecular complexity index is 770. The van der Waals surface area contributed by atoms with E-state index < -0.39 is 0 Å². The largest absolute Gasteiger partial charge is 0.493 e. The van der Waals surface area contributed by atoms with Gasteiger partial charge in [0.15, 0.2) is 11.5 Å². The minimum Gasteiger partial charge on any atom is -0.493 e. The van der Waals surface area contributed by atoms with Gasteiger partial charge in [-0.05, 0) is 30.5 Å². The van der Waals surface area contributed by atoms with Gasteiger partial charge in [-0.1, -0.05) is 6.07 Å². The van der Waals surface area contributed by atoms with E-state index in [1.165, 1.54) is 0 Å². The van der Waals surface area contributed by atoms with Gasteiger partial charge in [0.2, 0.25) is 5.75 Å². The molecule has 0 bridgehead atoms. The lowest BCUT2D eigenvalue weighted by Gasteiger charge is -2.21. The standard InChI is InChI=1S/C19H22N2O4.ClH/c1-23-16-10-12(11-17(24-2)18(16)25-3)21-19(22)14-6-4-8-15-13(14)7-5-9-20-15;/h4,6,8,10-11,20H,5,7,9H2,1-3H3,(H,21,22);1H. The number of methoxy groups -OCH3 is 3. The van der Waals surface area contributed by atoms with E-state index in [1.807, 2.05) is 18.2 Å². The maximum Gasteiger partial charge on any atom is 0.256 e. The van der Waals surface area contributed by atoms with E-state index >= 15 is 0 Å². The van der Waals surface area contributed by atoms with Crippen LogP contribution in [0, 0.1) is 0 Å². The lowest BCUT2D eigenvalue weighted by molar-refractivity contribution is 0.102. The zero-order chi connectivity index (χ0) is 17.8. The first-order valence-corrected chi connectivity index (χ1v) is 8.15. The van der Waals surface area contributed by atoms with E-state index in [1.54, 1.807) is 33.5 Å². The molecule has 0 atom stereocenters. The van der Waals surface area contributed by atoms with Crippen molar-refractivity contribution in [2.24, 2.45) is 0 Å². The molecular formula is C19H23ClN2O4. The zero-order valence-corrected chi connectivity index (χ0v) is 15.9. The highest BCUT2D eigenvalue weighted by Gasteiger charge is 2.19. The molecule has 0 aromatic heterocycles. The summed E-state index contributed by atoms with van der Waals surface area (Å²) in [4.78, 5) is 12.8. The summed E-state index contributed by atoms with van der Waals surface area (Å²) in [5.74, 6) is 1.32. The molecule has 0 unspecified atom stereocenters. The molecule has 3 rings (SSSR count). The number of rotatable bonds is 5. The SMILES string of the molecule is COc1cc(NC(=O)c2cccc3c2CCCN3)cc(OC)c1OC.Cl. The molecule has 0 spiro atoms. The molecule has 7 heteroatoms. The number of carbonyl (C=O) groups excluding carboxylic acids is 1. The molecule has 1 aliphatic heterocycles. The second-order valence-corrected chi connectivity index (χ2v) is 5.73. The van der Waals surface area contributed by atoms with Crippen molar-refractivity contribution in [3.8, 4) is 17.2 Å². The molecule has 0 fully saturated rings. The Morgan fingerprint density at radius 2 is 1.77 bits per heavy atom. The number of amides is 1. The monoisotopic (exact) mass is 378 g/mol. The van der Waals surface area contributed by atoms with Gasteiger partial charge in [0.25, 0.3) is 5.91 Å². The van der Waals surface area contributed by atoms with Gasteiger partial charge in [0.05, 0.1) is 21.3 Å². The number of ether oxygens (including phenoxy) is 3. The predicted octanol–water partition coefficient (Wildman–Crippen LogP) is 3.74. The Morgan fingerprint density at radius 3 is 2.38 bits per heavy atom. The van der Waals surface area contributed by atoms with Crippen molar-refractivity contribution in [3.63, 3.8) is 0 Å². The number of anilines is 2. The highest BCUT2D eigenvalue weighted by molar-refractivity contribution is 6.06. The fraction of sp³-hybridized carbons (Fsp3) is 0.316. The molecule has 0 saturated heterocycles. The second kappa shape index (κ2) is 8.67. The second-order valence-electron chi connectivity index (χ2n) is 5.73. The zero-order valence-electron chi connectivity index (χ0n) is 15.0. The first kappa shape index (κ1) is 19.7. The quantitative estimate of drug-likeness (QED) is 0.829. The normalized spacial score (nSPS) is 12.1. The molecular weight excluding hydrogens is 356 g/mol. The Balaban J connectivity index is 0.00000243. The van der Waals surface area contributed by atoms with Crippen molar-refractivity contribution in [2.75, 3.05) is 38.5 Å². The van der Waals surface area contributed by atoms with Crippen molar-refractivity contribution in [1.29, 1.82) is 0 Å². The van der Waals surface area contributed by atoms with Crippen molar-refractivity contribution in [2.45, 2.75) is 12.8 Å². The number of benzene rings is 2. The Hall–Kier alpha value is -2.60. The Morgan fingerprint density at radius 1 is 1.08 bits per heavy atom. The van der Waals surface area contributed by atoms with Gasteiger partial charge in [-0.15, -0.1) is 12.4 Å².